The summed E-state index contributed by atoms with van der Waals surface area (Å²) < 4.78 is 23.2. The fraction of sp³-hybridized carbons (Fsp3) is 0.647. The Hall–Kier alpha value is -0.870. The van der Waals surface area contributed by atoms with Crippen LogP contribution in [0.25, 0.3) is 0 Å². The molecule has 0 bridgehead atoms. The average molecular weight is 311 g/mol. The standard InChI is InChI=1S/C17H29NO2S/c1-4-21(19,20)12-8-11-17(14-18-13-15(2)3)16-9-6-5-7-10-16/h5-7,9-10,15,17-18H,4,8,11-14H2,1-3H3. The smallest absolute Gasteiger partial charge is 0.150 e. The third-order valence-corrected chi connectivity index (χ3v) is 5.45. The van der Waals surface area contributed by atoms with E-state index in [1.165, 1.54) is 5.56 Å². The highest BCUT2D eigenvalue weighted by Gasteiger charge is 2.14. The van der Waals surface area contributed by atoms with Gasteiger partial charge in [0.2, 0.25) is 0 Å². The Labute approximate surface area is 130 Å². The lowest BCUT2D eigenvalue weighted by Crippen LogP contribution is -2.26. The molecular formula is C17H29NO2S. The van der Waals surface area contributed by atoms with Crippen molar-refractivity contribution in [1.29, 1.82) is 0 Å². The van der Waals surface area contributed by atoms with E-state index >= 15 is 0 Å². The summed E-state index contributed by atoms with van der Waals surface area (Å²) in [6, 6.07) is 10.4. The third-order valence-electron chi connectivity index (χ3n) is 3.66. The van der Waals surface area contributed by atoms with Crippen molar-refractivity contribution in [2.75, 3.05) is 24.6 Å². The zero-order valence-electron chi connectivity index (χ0n) is 13.5. The lowest BCUT2D eigenvalue weighted by molar-refractivity contribution is 0.496. The fourth-order valence-electron chi connectivity index (χ4n) is 2.35. The van der Waals surface area contributed by atoms with Crippen LogP contribution in [0.2, 0.25) is 0 Å². The van der Waals surface area contributed by atoms with E-state index in [2.05, 4.69) is 31.3 Å². The Morgan fingerprint density at radius 3 is 2.33 bits per heavy atom. The zero-order valence-corrected chi connectivity index (χ0v) is 14.3. The predicted octanol–water partition coefficient (Wildman–Crippen LogP) is 3.23. The predicted molar refractivity (Wildman–Crippen MR) is 90.5 cm³/mol. The molecule has 1 unspecified atom stereocenters. The van der Waals surface area contributed by atoms with E-state index in [-0.39, 0.29) is 5.75 Å². The van der Waals surface area contributed by atoms with Crippen molar-refractivity contribution in [3.63, 3.8) is 0 Å². The van der Waals surface area contributed by atoms with E-state index in [4.69, 9.17) is 0 Å². The van der Waals surface area contributed by atoms with Crippen LogP contribution in [0.5, 0.6) is 0 Å². The maximum atomic E-state index is 11.6. The van der Waals surface area contributed by atoms with Crippen molar-refractivity contribution >= 4 is 9.84 Å². The van der Waals surface area contributed by atoms with Crippen LogP contribution in [-0.2, 0) is 9.84 Å². The summed E-state index contributed by atoms with van der Waals surface area (Å²) in [5.41, 5.74) is 1.29. The maximum absolute atomic E-state index is 11.6. The first-order valence-corrected chi connectivity index (χ1v) is 9.73. The molecule has 0 aromatic heterocycles. The van der Waals surface area contributed by atoms with Gasteiger partial charge < -0.3 is 5.32 Å². The van der Waals surface area contributed by atoms with Gasteiger partial charge in [-0.15, -0.1) is 0 Å². The van der Waals surface area contributed by atoms with Gasteiger partial charge >= 0.3 is 0 Å². The molecule has 0 spiro atoms. The number of hydrogen-bond acceptors (Lipinski definition) is 3. The molecule has 3 nitrogen and oxygen atoms in total. The highest BCUT2D eigenvalue weighted by atomic mass is 32.2. The minimum atomic E-state index is -2.85. The van der Waals surface area contributed by atoms with E-state index in [0.717, 1.165) is 25.9 Å². The summed E-state index contributed by atoms with van der Waals surface area (Å²) >= 11 is 0. The van der Waals surface area contributed by atoms with Crippen molar-refractivity contribution in [2.45, 2.75) is 39.5 Å². The number of rotatable bonds is 10. The van der Waals surface area contributed by atoms with Crippen LogP contribution in [0.3, 0.4) is 0 Å². The van der Waals surface area contributed by atoms with Gasteiger partial charge in [0, 0.05) is 12.3 Å². The molecule has 1 rings (SSSR count). The number of hydrogen-bond donors (Lipinski definition) is 1. The fourth-order valence-corrected chi connectivity index (χ4v) is 3.25. The SMILES string of the molecule is CCS(=O)(=O)CCCC(CNCC(C)C)c1ccccc1. The Balaban J connectivity index is 2.56. The molecule has 0 saturated heterocycles. The second kappa shape index (κ2) is 9.21. The first kappa shape index (κ1) is 18.2. The molecule has 0 aliphatic rings. The van der Waals surface area contributed by atoms with Gasteiger partial charge in [-0.05, 0) is 36.8 Å². The summed E-state index contributed by atoms with van der Waals surface area (Å²) in [5.74, 6) is 1.56. The molecule has 0 aliphatic heterocycles. The molecule has 0 aliphatic carbocycles. The van der Waals surface area contributed by atoms with Crippen LogP contribution in [0.1, 0.15) is 45.1 Å². The summed E-state index contributed by atoms with van der Waals surface area (Å²) in [7, 11) is -2.85. The zero-order chi connectivity index (χ0) is 15.7. The van der Waals surface area contributed by atoms with Crippen LogP contribution in [-0.4, -0.2) is 33.0 Å². The van der Waals surface area contributed by atoms with Crippen molar-refractivity contribution in [2.24, 2.45) is 5.92 Å². The molecule has 4 heteroatoms. The molecule has 1 aromatic carbocycles. The van der Waals surface area contributed by atoms with Crippen molar-refractivity contribution in [1.82, 2.24) is 5.32 Å². The van der Waals surface area contributed by atoms with Gasteiger partial charge in [-0.2, -0.15) is 0 Å². The Morgan fingerprint density at radius 1 is 1.10 bits per heavy atom. The molecule has 120 valence electrons. The summed E-state index contributed by atoms with van der Waals surface area (Å²) in [5, 5.41) is 3.50. The molecule has 1 N–H and O–H groups in total. The van der Waals surface area contributed by atoms with Crippen LogP contribution in [0, 0.1) is 5.92 Å². The monoisotopic (exact) mass is 311 g/mol. The second-order valence-electron chi connectivity index (χ2n) is 6.04. The molecule has 1 aromatic rings. The Bertz CT molecular complexity index is 483. The van der Waals surface area contributed by atoms with Gasteiger partial charge in [0.25, 0.3) is 0 Å². The van der Waals surface area contributed by atoms with E-state index in [0.29, 0.717) is 17.6 Å². The van der Waals surface area contributed by atoms with E-state index in [1.54, 1.807) is 6.92 Å². The van der Waals surface area contributed by atoms with Gasteiger partial charge in [-0.3, -0.25) is 0 Å². The van der Waals surface area contributed by atoms with Gasteiger partial charge in [-0.25, -0.2) is 8.42 Å². The van der Waals surface area contributed by atoms with Crippen LogP contribution in [0.15, 0.2) is 30.3 Å². The molecule has 0 heterocycles. The van der Waals surface area contributed by atoms with Crippen molar-refractivity contribution in [3.05, 3.63) is 35.9 Å². The quantitative estimate of drug-likeness (QED) is 0.721. The molecule has 0 saturated carbocycles. The number of nitrogens with one attached hydrogen (secondary N) is 1. The normalized spacial score (nSPS) is 13.5. The Kier molecular flexibility index (Phi) is 7.97. The van der Waals surface area contributed by atoms with E-state index < -0.39 is 9.84 Å². The number of benzene rings is 1. The van der Waals surface area contributed by atoms with Gasteiger partial charge in [0.15, 0.2) is 0 Å². The van der Waals surface area contributed by atoms with E-state index in [9.17, 15) is 8.42 Å². The highest BCUT2D eigenvalue weighted by Crippen LogP contribution is 2.21. The van der Waals surface area contributed by atoms with Crippen LogP contribution >= 0.6 is 0 Å². The first-order valence-electron chi connectivity index (χ1n) is 7.90. The third kappa shape index (κ3) is 7.63. The van der Waals surface area contributed by atoms with Gasteiger partial charge in [-0.1, -0.05) is 51.1 Å². The largest absolute Gasteiger partial charge is 0.316 e. The molecule has 21 heavy (non-hydrogen) atoms. The first-order chi connectivity index (χ1) is 9.94. The lowest BCUT2D eigenvalue weighted by atomic mass is 9.94. The minimum Gasteiger partial charge on any atom is -0.316 e. The minimum absolute atomic E-state index is 0.245. The summed E-state index contributed by atoms with van der Waals surface area (Å²) in [4.78, 5) is 0. The summed E-state index contributed by atoms with van der Waals surface area (Å²) in [6.45, 7) is 8.01. The summed E-state index contributed by atoms with van der Waals surface area (Å²) in [6.07, 6.45) is 1.65. The molecule has 0 fully saturated rings. The van der Waals surface area contributed by atoms with Crippen molar-refractivity contribution < 1.29 is 8.42 Å². The van der Waals surface area contributed by atoms with Crippen LogP contribution < -0.4 is 5.32 Å². The highest BCUT2D eigenvalue weighted by molar-refractivity contribution is 7.91. The Morgan fingerprint density at radius 2 is 1.76 bits per heavy atom. The number of sulfone groups is 1. The topological polar surface area (TPSA) is 46.2 Å². The van der Waals surface area contributed by atoms with Gasteiger partial charge in [0.05, 0.1) is 5.75 Å². The van der Waals surface area contributed by atoms with Crippen molar-refractivity contribution in [3.8, 4) is 0 Å². The second-order valence-corrected chi connectivity index (χ2v) is 8.51. The maximum Gasteiger partial charge on any atom is 0.150 e. The lowest BCUT2D eigenvalue weighted by Gasteiger charge is -2.19. The molecular weight excluding hydrogens is 282 g/mol. The van der Waals surface area contributed by atoms with Gasteiger partial charge in [0.1, 0.15) is 9.84 Å². The molecule has 1 atom stereocenters. The van der Waals surface area contributed by atoms with E-state index in [1.807, 2.05) is 18.2 Å². The van der Waals surface area contributed by atoms with Crippen LogP contribution in [0.4, 0.5) is 0 Å². The molecule has 0 radical (unpaired) electrons. The molecule has 0 amide bonds. The average Bonchev–Trinajstić information content (AvgIpc) is 2.46.